The van der Waals surface area contributed by atoms with E-state index in [2.05, 4.69) is 0 Å². The number of hydrogen-bond acceptors (Lipinski definition) is 5. The molecule has 0 saturated heterocycles. The molecule has 0 N–H and O–H groups in total. The monoisotopic (exact) mass is 462 g/mol. The van der Waals surface area contributed by atoms with Crippen LogP contribution in [-0.4, -0.2) is 48.7 Å². The highest BCUT2D eigenvalue weighted by atomic mass is 32.2. The zero-order valence-electron chi connectivity index (χ0n) is 20.0. The molecule has 1 unspecified atom stereocenters. The molecule has 2 aromatic rings. The van der Waals surface area contributed by atoms with Crippen molar-refractivity contribution in [2.75, 3.05) is 13.7 Å². The highest BCUT2D eigenvalue weighted by Crippen LogP contribution is 2.28. The maximum Gasteiger partial charge on any atom is 0.354 e. The van der Waals surface area contributed by atoms with Crippen molar-refractivity contribution >= 4 is 21.8 Å². The van der Waals surface area contributed by atoms with Crippen LogP contribution < -0.4 is 0 Å². The molecule has 0 spiro atoms. The van der Waals surface area contributed by atoms with Gasteiger partial charge in [-0.25, -0.2) is 13.2 Å². The predicted octanol–water partition coefficient (Wildman–Crippen LogP) is 4.22. The summed E-state index contributed by atoms with van der Waals surface area (Å²) in [5.74, 6) is -0.588. The summed E-state index contributed by atoms with van der Waals surface area (Å²) in [4.78, 5) is 26.2. The number of sulfonamides is 1. The van der Waals surface area contributed by atoms with Gasteiger partial charge < -0.3 is 9.30 Å². The van der Waals surface area contributed by atoms with Crippen molar-refractivity contribution in [3.05, 3.63) is 52.8 Å². The van der Waals surface area contributed by atoms with Crippen LogP contribution in [0.3, 0.4) is 0 Å². The van der Waals surface area contributed by atoms with Crippen LogP contribution in [0.4, 0.5) is 0 Å². The summed E-state index contributed by atoms with van der Waals surface area (Å²) in [6, 6.07) is 7.22. The molecule has 0 radical (unpaired) electrons. The second-order valence-electron chi connectivity index (χ2n) is 8.32. The van der Waals surface area contributed by atoms with Crippen LogP contribution in [-0.2, 0) is 21.3 Å². The standard InChI is InChI=1S/C24H34N2O5S/c1-8-25-18(5)21(17(4)22(25)24(28)31-7)23(27)19(6)26(15-14-16(2)3)32(29,30)20-12-10-9-11-13-20/h9-13,16,19H,8,14-15H2,1-7H3. The van der Waals surface area contributed by atoms with Gasteiger partial charge in [0.1, 0.15) is 5.69 Å². The van der Waals surface area contributed by atoms with Gasteiger partial charge in [0.15, 0.2) is 5.78 Å². The zero-order chi connectivity index (χ0) is 24.2. The van der Waals surface area contributed by atoms with E-state index in [-0.39, 0.29) is 23.1 Å². The summed E-state index contributed by atoms with van der Waals surface area (Å²) in [7, 11) is -2.59. The number of nitrogens with zero attached hydrogens (tertiary/aromatic N) is 2. The summed E-state index contributed by atoms with van der Waals surface area (Å²) in [6.45, 7) is 11.7. The first-order valence-corrected chi connectivity index (χ1v) is 12.3. The van der Waals surface area contributed by atoms with Crippen LogP contribution in [0.1, 0.15) is 66.2 Å². The van der Waals surface area contributed by atoms with Crippen molar-refractivity contribution in [1.82, 2.24) is 8.87 Å². The van der Waals surface area contributed by atoms with Gasteiger partial charge in [0.25, 0.3) is 0 Å². The fraction of sp³-hybridized carbons (Fsp3) is 0.500. The Hall–Kier alpha value is -2.45. The Morgan fingerprint density at radius 2 is 1.69 bits per heavy atom. The maximum absolute atomic E-state index is 13.7. The number of carbonyl (C=O) groups excluding carboxylic acids is 2. The maximum atomic E-state index is 13.7. The van der Waals surface area contributed by atoms with Crippen molar-refractivity contribution in [1.29, 1.82) is 0 Å². The Kier molecular flexibility index (Phi) is 8.42. The fourth-order valence-corrected chi connectivity index (χ4v) is 5.62. The molecule has 1 aromatic carbocycles. The van der Waals surface area contributed by atoms with Gasteiger partial charge in [-0.15, -0.1) is 0 Å². The van der Waals surface area contributed by atoms with E-state index in [0.29, 0.717) is 35.5 Å². The third-order valence-corrected chi connectivity index (χ3v) is 7.78. The minimum absolute atomic E-state index is 0.151. The first kappa shape index (κ1) is 25.8. The van der Waals surface area contributed by atoms with Crippen molar-refractivity contribution < 1.29 is 22.7 Å². The Morgan fingerprint density at radius 1 is 1.09 bits per heavy atom. The van der Waals surface area contributed by atoms with E-state index in [1.54, 1.807) is 43.5 Å². The van der Waals surface area contributed by atoms with Crippen molar-refractivity contribution in [3.63, 3.8) is 0 Å². The van der Waals surface area contributed by atoms with E-state index >= 15 is 0 Å². The Morgan fingerprint density at radius 3 is 2.19 bits per heavy atom. The quantitative estimate of drug-likeness (QED) is 0.390. The lowest BCUT2D eigenvalue weighted by Crippen LogP contribution is -2.44. The number of aromatic nitrogens is 1. The molecule has 0 aliphatic carbocycles. The molecule has 2 rings (SSSR count). The molecule has 176 valence electrons. The molecule has 32 heavy (non-hydrogen) atoms. The number of rotatable bonds is 10. The number of ketones is 1. The highest BCUT2D eigenvalue weighted by Gasteiger charge is 2.36. The number of esters is 1. The summed E-state index contributed by atoms with van der Waals surface area (Å²) >= 11 is 0. The topological polar surface area (TPSA) is 85.7 Å². The van der Waals surface area contributed by atoms with E-state index < -0.39 is 22.0 Å². The highest BCUT2D eigenvalue weighted by molar-refractivity contribution is 7.89. The molecule has 0 saturated carbocycles. The Balaban J connectivity index is 2.58. The summed E-state index contributed by atoms with van der Waals surface area (Å²) in [5.41, 5.74) is 1.83. The van der Waals surface area contributed by atoms with Crippen molar-refractivity contribution in [2.24, 2.45) is 5.92 Å². The summed E-state index contributed by atoms with van der Waals surface area (Å²) in [5, 5.41) is 0. The Bertz CT molecular complexity index is 1070. The number of carbonyl (C=O) groups is 2. The van der Waals surface area contributed by atoms with Gasteiger partial charge >= 0.3 is 5.97 Å². The number of hydrogen-bond donors (Lipinski definition) is 0. The van der Waals surface area contributed by atoms with Gasteiger partial charge in [0, 0.05) is 24.3 Å². The lowest BCUT2D eigenvalue weighted by atomic mass is 10.0. The minimum atomic E-state index is -3.89. The lowest BCUT2D eigenvalue weighted by molar-refractivity contribution is 0.0587. The molecule has 0 fully saturated rings. The number of Topliss-reactive ketones (excluding diaryl/α,β-unsaturated/α-hetero) is 1. The van der Waals surface area contributed by atoms with Crippen molar-refractivity contribution in [2.45, 2.75) is 65.4 Å². The van der Waals surface area contributed by atoms with Crippen molar-refractivity contribution in [3.8, 4) is 0 Å². The van der Waals surface area contributed by atoms with Crippen LogP contribution in [0.5, 0.6) is 0 Å². The average Bonchev–Trinajstić information content (AvgIpc) is 3.02. The van der Waals surface area contributed by atoms with Crippen LogP contribution in [0.15, 0.2) is 35.2 Å². The fourth-order valence-electron chi connectivity index (χ4n) is 3.99. The van der Waals surface area contributed by atoms with E-state index in [4.69, 9.17) is 4.74 Å². The smallest absolute Gasteiger partial charge is 0.354 e. The van der Waals surface area contributed by atoms with Crippen LogP contribution in [0.25, 0.3) is 0 Å². The summed E-state index contributed by atoms with van der Waals surface area (Å²) in [6.07, 6.45) is 0.616. The average molecular weight is 463 g/mol. The van der Waals surface area contributed by atoms with E-state index in [1.165, 1.54) is 23.5 Å². The molecule has 7 nitrogen and oxygen atoms in total. The van der Waals surface area contributed by atoms with Crippen LogP contribution >= 0.6 is 0 Å². The number of methoxy groups -OCH3 is 1. The van der Waals surface area contributed by atoms with Crippen LogP contribution in [0, 0.1) is 19.8 Å². The van der Waals surface area contributed by atoms with Gasteiger partial charge in [-0.3, -0.25) is 4.79 Å². The predicted molar refractivity (Wildman–Crippen MR) is 125 cm³/mol. The zero-order valence-corrected chi connectivity index (χ0v) is 20.8. The minimum Gasteiger partial charge on any atom is -0.464 e. The molecule has 0 aliphatic heterocycles. The van der Waals surface area contributed by atoms with Gasteiger partial charge in [-0.2, -0.15) is 4.31 Å². The van der Waals surface area contributed by atoms with Gasteiger partial charge in [0.2, 0.25) is 10.0 Å². The van der Waals surface area contributed by atoms with E-state index in [0.717, 1.165) is 0 Å². The largest absolute Gasteiger partial charge is 0.464 e. The molecule has 0 bridgehead atoms. The SMILES string of the molecule is CCn1c(C)c(C(=O)C(C)N(CCC(C)C)S(=O)(=O)c2ccccc2)c(C)c1C(=O)OC. The molecular formula is C24H34N2O5S. The Labute approximate surface area is 191 Å². The second kappa shape index (κ2) is 10.4. The van der Waals surface area contributed by atoms with Gasteiger partial charge in [0.05, 0.1) is 18.0 Å². The van der Waals surface area contributed by atoms with Crippen LogP contribution in [0.2, 0.25) is 0 Å². The third-order valence-electron chi connectivity index (χ3n) is 5.80. The molecule has 1 heterocycles. The molecule has 0 aliphatic rings. The molecular weight excluding hydrogens is 428 g/mol. The number of ether oxygens (including phenoxy) is 1. The first-order valence-electron chi connectivity index (χ1n) is 10.9. The lowest BCUT2D eigenvalue weighted by Gasteiger charge is -2.28. The van der Waals surface area contributed by atoms with Gasteiger partial charge in [-0.1, -0.05) is 32.0 Å². The van der Waals surface area contributed by atoms with E-state index in [9.17, 15) is 18.0 Å². The molecule has 1 atom stereocenters. The molecule has 1 aromatic heterocycles. The first-order chi connectivity index (χ1) is 15.0. The second-order valence-corrected chi connectivity index (χ2v) is 10.2. The third kappa shape index (κ3) is 4.96. The molecule has 0 amide bonds. The molecule has 8 heteroatoms. The number of benzene rings is 1. The normalized spacial score (nSPS) is 12.9. The van der Waals surface area contributed by atoms with E-state index in [1.807, 2.05) is 20.8 Å². The van der Waals surface area contributed by atoms with Gasteiger partial charge in [-0.05, 0) is 57.7 Å². The summed E-state index contributed by atoms with van der Waals surface area (Å²) < 4.78 is 34.9.